The van der Waals surface area contributed by atoms with Crippen molar-refractivity contribution in [2.24, 2.45) is 5.92 Å². The Labute approximate surface area is 145 Å². The molecule has 3 N–H and O–H groups in total. The van der Waals surface area contributed by atoms with E-state index in [9.17, 15) is 9.90 Å². The van der Waals surface area contributed by atoms with Gasteiger partial charge in [-0.25, -0.2) is 4.79 Å². The predicted octanol–water partition coefficient (Wildman–Crippen LogP) is 1.88. The van der Waals surface area contributed by atoms with E-state index in [1.807, 2.05) is 56.3 Å². The van der Waals surface area contributed by atoms with E-state index in [1.165, 1.54) is 11.3 Å². The van der Waals surface area contributed by atoms with Gasteiger partial charge >= 0.3 is 6.03 Å². The van der Waals surface area contributed by atoms with Crippen LogP contribution in [0.5, 0.6) is 0 Å². The van der Waals surface area contributed by atoms with Gasteiger partial charge in [-0.1, -0.05) is 41.7 Å². The molecule has 130 valence electrons. The molecule has 0 bridgehead atoms. The van der Waals surface area contributed by atoms with Crippen LogP contribution in [0, 0.1) is 12.8 Å². The van der Waals surface area contributed by atoms with Crippen LogP contribution in [0.25, 0.3) is 0 Å². The monoisotopic (exact) mass is 349 g/mol. The number of carbonyl (C=O) groups is 1. The summed E-state index contributed by atoms with van der Waals surface area (Å²) in [5.74, 6) is -0.135. The summed E-state index contributed by atoms with van der Waals surface area (Å²) in [6, 6.07) is 9.11. The van der Waals surface area contributed by atoms with Gasteiger partial charge in [-0.3, -0.25) is 5.32 Å². The Morgan fingerprint density at radius 3 is 2.58 bits per heavy atom. The highest BCUT2D eigenvalue weighted by Crippen LogP contribution is 2.22. The molecule has 2 aromatic rings. The highest BCUT2D eigenvalue weighted by atomic mass is 32.1. The molecule has 24 heavy (non-hydrogen) atoms. The second-order valence-corrected chi connectivity index (χ2v) is 7.02. The zero-order valence-electron chi connectivity index (χ0n) is 14.1. The molecule has 0 unspecified atom stereocenters. The fourth-order valence-corrected chi connectivity index (χ4v) is 2.97. The number of anilines is 1. The molecule has 1 aromatic carbocycles. The summed E-state index contributed by atoms with van der Waals surface area (Å²) in [7, 11) is 3.88. The SMILES string of the molecule is Cc1nnc(NC(=O)NC[C@@H](CN(C)C)[C@@H](O)c2ccccc2)s1. The number of aliphatic hydroxyl groups excluding tert-OH is 1. The van der Waals surface area contributed by atoms with E-state index in [0.717, 1.165) is 10.6 Å². The van der Waals surface area contributed by atoms with E-state index in [1.54, 1.807) is 0 Å². The van der Waals surface area contributed by atoms with E-state index in [4.69, 9.17) is 0 Å². The molecule has 0 radical (unpaired) electrons. The third kappa shape index (κ3) is 5.55. The van der Waals surface area contributed by atoms with E-state index in [-0.39, 0.29) is 11.9 Å². The Morgan fingerprint density at radius 2 is 2.00 bits per heavy atom. The van der Waals surface area contributed by atoms with Gasteiger partial charge in [-0.15, -0.1) is 10.2 Å². The van der Waals surface area contributed by atoms with Crippen molar-refractivity contribution >= 4 is 22.5 Å². The summed E-state index contributed by atoms with van der Waals surface area (Å²) >= 11 is 1.31. The minimum Gasteiger partial charge on any atom is -0.388 e. The van der Waals surface area contributed by atoms with Crippen molar-refractivity contribution in [1.29, 1.82) is 0 Å². The van der Waals surface area contributed by atoms with Crippen molar-refractivity contribution in [2.75, 3.05) is 32.5 Å². The average molecular weight is 349 g/mol. The summed E-state index contributed by atoms with van der Waals surface area (Å²) < 4.78 is 0. The van der Waals surface area contributed by atoms with Crippen LogP contribution in [0.3, 0.4) is 0 Å². The third-order valence-corrected chi connectivity index (χ3v) is 4.21. The molecule has 8 heteroatoms. The number of carbonyl (C=O) groups excluding carboxylic acids is 1. The van der Waals surface area contributed by atoms with Crippen molar-refractivity contribution in [1.82, 2.24) is 20.4 Å². The van der Waals surface area contributed by atoms with Crippen LogP contribution in [0.2, 0.25) is 0 Å². The topological polar surface area (TPSA) is 90.4 Å². The first-order valence-corrected chi connectivity index (χ1v) is 8.50. The van der Waals surface area contributed by atoms with Gasteiger partial charge < -0.3 is 15.3 Å². The number of hydrogen-bond donors (Lipinski definition) is 3. The predicted molar refractivity (Wildman–Crippen MR) is 95.1 cm³/mol. The quantitative estimate of drug-likeness (QED) is 0.710. The van der Waals surface area contributed by atoms with E-state index in [2.05, 4.69) is 20.8 Å². The smallest absolute Gasteiger partial charge is 0.321 e. The van der Waals surface area contributed by atoms with E-state index in [0.29, 0.717) is 18.2 Å². The Bertz CT molecular complexity index is 647. The molecule has 1 aromatic heterocycles. The second kappa shape index (κ2) is 8.72. The Hall–Kier alpha value is -2.03. The normalized spacial score (nSPS) is 13.5. The highest BCUT2D eigenvalue weighted by molar-refractivity contribution is 7.15. The lowest BCUT2D eigenvalue weighted by molar-refractivity contribution is 0.0911. The summed E-state index contributed by atoms with van der Waals surface area (Å²) in [5.41, 5.74) is 0.839. The van der Waals surface area contributed by atoms with Crippen molar-refractivity contribution < 1.29 is 9.90 Å². The number of urea groups is 1. The zero-order valence-corrected chi connectivity index (χ0v) is 14.9. The second-order valence-electron chi connectivity index (χ2n) is 5.84. The van der Waals surface area contributed by atoms with Crippen LogP contribution in [-0.2, 0) is 0 Å². The number of hydrogen-bond acceptors (Lipinski definition) is 6. The number of aliphatic hydroxyl groups is 1. The number of nitrogens with zero attached hydrogens (tertiary/aromatic N) is 3. The molecule has 0 saturated carbocycles. The molecular weight excluding hydrogens is 326 g/mol. The maximum Gasteiger partial charge on any atom is 0.321 e. The van der Waals surface area contributed by atoms with Gasteiger partial charge in [0, 0.05) is 19.0 Å². The van der Waals surface area contributed by atoms with Crippen molar-refractivity contribution in [3.63, 3.8) is 0 Å². The number of amides is 2. The Morgan fingerprint density at radius 1 is 1.29 bits per heavy atom. The number of aromatic nitrogens is 2. The first-order valence-electron chi connectivity index (χ1n) is 7.68. The lowest BCUT2D eigenvalue weighted by Gasteiger charge is -2.26. The summed E-state index contributed by atoms with van der Waals surface area (Å²) in [6.07, 6.45) is -0.655. The number of benzene rings is 1. The molecule has 0 fully saturated rings. The molecule has 2 amide bonds. The van der Waals surface area contributed by atoms with Gasteiger partial charge in [0.05, 0.1) is 6.10 Å². The van der Waals surface area contributed by atoms with Gasteiger partial charge in [0.25, 0.3) is 0 Å². The van der Waals surface area contributed by atoms with E-state index >= 15 is 0 Å². The molecule has 0 saturated heterocycles. The molecule has 7 nitrogen and oxygen atoms in total. The molecule has 1 heterocycles. The molecule has 0 spiro atoms. The maximum absolute atomic E-state index is 12.0. The number of rotatable bonds is 7. The minimum absolute atomic E-state index is 0.135. The zero-order chi connectivity index (χ0) is 17.5. The Kier molecular flexibility index (Phi) is 6.65. The molecule has 0 aliphatic rings. The lowest BCUT2D eigenvalue weighted by atomic mass is 9.95. The molecular formula is C16H23N5O2S. The summed E-state index contributed by atoms with van der Waals surface area (Å²) in [4.78, 5) is 14.0. The van der Waals surface area contributed by atoms with Crippen molar-refractivity contribution in [3.8, 4) is 0 Å². The van der Waals surface area contributed by atoms with Crippen LogP contribution in [-0.4, -0.2) is 53.4 Å². The first kappa shape index (κ1) is 18.3. The average Bonchev–Trinajstić information content (AvgIpc) is 2.96. The van der Waals surface area contributed by atoms with Gasteiger partial charge in [0.2, 0.25) is 5.13 Å². The van der Waals surface area contributed by atoms with Gasteiger partial charge in [0.1, 0.15) is 5.01 Å². The number of nitrogens with one attached hydrogen (secondary N) is 2. The molecule has 2 atom stereocenters. The Balaban J connectivity index is 1.94. The van der Waals surface area contributed by atoms with Crippen molar-refractivity contribution in [2.45, 2.75) is 13.0 Å². The molecule has 0 aliphatic heterocycles. The van der Waals surface area contributed by atoms with Crippen molar-refractivity contribution in [3.05, 3.63) is 40.9 Å². The lowest BCUT2D eigenvalue weighted by Crippen LogP contribution is -2.39. The first-order chi connectivity index (χ1) is 11.5. The van der Waals surface area contributed by atoms with E-state index < -0.39 is 6.10 Å². The highest BCUT2D eigenvalue weighted by Gasteiger charge is 2.22. The van der Waals surface area contributed by atoms with Gasteiger partial charge in [-0.05, 0) is 26.6 Å². The minimum atomic E-state index is -0.655. The van der Waals surface area contributed by atoms with Gasteiger partial charge in [0.15, 0.2) is 0 Å². The summed E-state index contributed by atoms with van der Waals surface area (Å²) in [6.45, 7) is 2.82. The standard InChI is InChI=1S/C16H23N5O2S/c1-11-19-20-16(24-11)18-15(23)17-9-13(10-21(2)3)14(22)12-7-5-4-6-8-12/h4-8,13-14,22H,9-10H2,1-3H3,(H2,17,18,20,23)/t13-,14-/m0/s1. The summed E-state index contributed by atoms with van der Waals surface area (Å²) in [5, 5.41) is 25.0. The fraction of sp³-hybridized carbons (Fsp3) is 0.438. The largest absolute Gasteiger partial charge is 0.388 e. The third-order valence-electron chi connectivity index (χ3n) is 3.46. The maximum atomic E-state index is 12.0. The fourth-order valence-electron chi connectivity index (χ4n) is 2.38. The van der Waals surface area contributed by atoms with Crippen LogP contribution < -0.4 is 10.6 Å². The number of aryl methyl sites for hydroxylation is 1. The molecule has 0 aliphatic carbocycles. The van der Waals surface area contributed by atoms with Crippen LogP contribution in [0.4, 0.5) is 9.93 Å². The van der Waals surface area contributed by atoms with Crippen LogP contribution in [0.1, 0.15) is 16.7 Å². The van der Waals surface area contributed by atoms with Gasteiger partial charge in [-0.2, -0.15) is 0 Å². The molecule has 2 rings (SSSR count). The van der Waals surface area contributed by atoms with Crippen LogP contribution >= 0.6 is 11.3 Å². The van der Waals surface area contributed by atoms with Crippen LogP contribution in [0.15, 0.2) is 30.3 Å².